The number of aryl methyl sites for hydroxylation is 2. The Morgan fingerprint density at radius 2 is 1.79 bits per heavy atom. The van der Waals surface area contributed by atoms with Gasteiger partial charge in [0.1, 0.15) is 5.71 Å². The highest BCUT2D eigenvalue weighted by Crippen LogP contribution is 2.19. The average molecular weight is 337 g/mol. The fourth-order valence-electron chi connectivity index (χ4n) is 2.46. The van der Waals surface area contributed by atoms with E-state index < -0.39 is 0 Å². The van der Waals surface area contributed by atoms with Crippen LogP contribution in [0.3, 0.4) is 0 Å². The first kappa shape index (κ1) is 16.1. The molecule has 5 nitrogen and oxygen atoms in total. The second kappa shape index (κ2) is 6.80. The standard InChI is InChI=1S/C18H19N5S/c1-11-7-6-8-12(2)16(11)21-18(24)23-22-13(3)17-19-14-9-4-5-10-15(14)20-17/h4-10H,1-3H3,(H,19,20)(H2,21,23,24)/b22-13+. The van der Waals surface area contributed by atoms with Gasteiger partial charge in [-0.05, 0) is 56.2 Å². The highest BCUT2D eigenvalue weighted by molar-refractivity contribution is 7.80. The third kappa shape index (κ3) is 3.44. The molecule has 2 aromatic carbocycles. The summed E-state index contributed by atoms with van der Waals surface area (Å²) in [4.78, 5) is 7.75. The van der Waals surface area contributed by atoms with E-state index in [-0.39, 0.29) is 0 Å². The zero-order valence-corrected chi connectivity index (χ0v) is 14.7. The molecule has 3 aromatic rings. The number of aromatic nitrogens is 2. The molecule has 0 bridgehead atoms. The third-order valence-corrected chi connectivity index (χ3v) is 3.97. The fraction of sp³-hybridized carbons (Fsp3) is 0.167. The van der Waals surface area contributed by atoms with Crippen molar-refractivity contribution < 1.29 is 0 Å². The van der Waals surface area contributed by atoms with E-state index in [9.17, 15) is 0 Å². The molecule has 0 saturated heterocycles. The van der Waals surface area contributed by atoms with Crippen molar-refractivity contribution in [2.45, 2.75) is 20.8 Å². The van der Waals surface area contributed by atoms with Crippen LogP contribution in [0.15, 0.2) is 47.6 Å². The van der Waals surface area contributed by atoms with E-state index in [1.807, 2.05) is 63.2 Å². The highest BCUT2D eigenvalue weighted by atomic mass is 32.1. The quantitative estimate of drug-likeness (QED) is 0.385. The lowest BCUT2D eigenvalue weighted by molar-refractivity contribution is 1.03. The van der Waals surface area contributed by atoms with Gasteiger partial charge in [0.15, 0.2) is 10.9 Å². The minimum absolute atomic E-state index is 0.447. The van der Waals surface area contributed by atoms with Crippen molar-refractivity contribution in [3.05, 3.63) is 59.4 Å². The van der Waals surface area contributed by atoms with Gasteiger partial charge in [0.25, 0.3) is 0 Å². The predicted octanol–water partition coefficient (Wildman–Crippen LogP) is 3.89. The van der Waals surface area contributed by atoms with Crippen molar-refractivity contribution in [3.63, 3.8) is 0 Å². The minimum atomic E-state index is 0.447. The molecule has 0 amide bonds. The number of fused-ring (bicyclic) bond motifs is 1. The largest absolute Gasteiger partial charge is 0.337 e. The number of anilines is 1. The fourth-order valence-corrected chi connectivity index (χ4v) is 2.61. The molecular weight excluding hydrogens is 318 g/mol. The summed E-state index contributed by atoms with van der Waals surface area (Å²) >= 11 is 5.33. The van der Waals surface area contributed by atoms with Crippen LogP contribution in [0.25, 0.3) is 11.0 Å². The molecule has 24 heavy (non-hydrogen) atoms. The normalized spacial score (nSPS) is 11.5. The number of rotatable bonds is 3. The molecule has 0 atom stereocenters. The van der Waals surface area contributed by atoms with E-state index in [0.717, 1.165) is 39.4 Å². The molecule has 0 unspecified atom stereocenters. The van der Waals surface area contributed by atoms with E-state index in [0.29, 0.717) is 5.11 Å². The molecule has 0 aliphatic rings. The first-order valence-electron chi connectivity index (χ1n) is 7.67. The number of aromatic amines is 1. The van der Waals surface area contributed by atoms with Gasteiger partial charge in [-0.1, -0.05) is 30.3 Å². The Hall–Kier alpha value is -2.73. The molecule has 3 rings (SSSR count). The Kier molecular flexibility index (Phi) is 4.57. The summed E-state index contributed by atoms with van der Waals surface area (Å²) in [6.45, 7) is 5.97. The molecule has 6 heteroatoms. The predicted molar refractivity (Wildman–Crippen MR) is 104 cm³/mol. The minimum Gasteiger partial charge on any atom is -0.337 e. The van der Waals surface area contributed by atoms with Crippen LogP contribution in [0.2, 0.25) is 0 Å². The van der Waals surface area contributed by atoms with E-state index in [1.54, 1.807) is 0 Å². The summed E-state index contributed by atoms with van der Waals surface area (Å²) in [6, 6.07) is 14.0. The Balaban J connectivity index is 1.71. The van der Waals surface area contributed by atoms with Crippen LogP contribution in [0.4, 0.5) is 5.69 Å². The summed E-state index contributed by atoms with van der Waals surface area (Å²) in [5.41, 5.74) is 8.79. The number of hydrogen-bond donors (Lipinski definition) is 3. The molecule has 0 saturated carbocycles. The van der Waals surface area contributed by atoms with Crippen molar-refractivity contribution in [2.24, 2.45) is 5.10 Å². The van der Waals surface area contributed by atoms with Crippen LogP contribution in [-0.2, 0) is 0 Å². The molecule has 0 radical (unpaired) electrons. The summed E-state index contributed by atoms with van der Waals surface area (Å²) in [5, 5.41) is 7.96. The number of benzene rings is 2. The number of nitrogens with zero attached hydrogens (tertiary/aromatic N) is 2. The van der Waals surface area contributed by atoms with Gasteiger partial charge < -0.3 is 10.3 Å². The summed E-state index contributed by atoms with van der Waals surface area (Å²) in [7, 11) is 0. The molecule has 1 heterocycles. The Labute approximate surface area is 146 Å². The van der Waals surface area contributed by atoms with Crippen LogP contribution >= 0.6 is 12.2 Å². The lowest BCUT2D eigenvalue weighted by atomic mass is 10.1. The molecule has 0 aliphatic carbocycles. The van der Waals surface area contributed by atoms with E-state index in [4.69, 9.17) is 12.2 Å². The molecule has 0 aliphatic heterocycles. The lowest BCUT2D eigenvalue weighted by Crippen LogP contribution is -2.26. The number of H-pyrrole nitrogens is 1. The van der Waals surface area contributed by atoms with Crippen LogP contribution in [-0.4, -0.2) is 20.8 Å². The Bertz CT molecular complexity index is 873. The van der Waals surface area contributed by atoms with Crippen molar-refractivity contribution in [2.75, 3.05) is 5.32 Å². The first-order chi connectivity index (χ1) is 11.5. The summed E-state index contributed by atoms with van der Waals surface area (Å²) in [6.07, 6.45) is 0. The number of hydrogen-bond acceptors (Lipinski definition) is 3. The zero-order chi connectivity index (χ0) is 17.1. The first-order valence-corrected chi connectivity index (χ1v) is 8.08. The van der Waals surface area contributed by atoms with Crippen LogP contribution in [0.5, 0.6) is 0 Å². The molecule has 0 fully saturated rings. The van der Waals surface area contributed by atoms with Crippen molar-refractivity contribution in [3.8, 4) is 0 Å². The second-order valence-electron chi connectivity index (χ2n) is 5.63. The van der Waals surface area contributed by atoms with Crippen LogP contribution in [0, 0.1) is 13.8 Å². The van der Waals surface area contributed by atoms with Gasteiger partial charge >= 0.3 is 0 Å². The number of imidazole rings is 1. The van der Waals surface area contributed by atoms with Gasteiger partial charge in [-0.3, -0.25) is 5.43 Å². The number of hydrazone groups is 1. The highest BCUT2D eigenvalue weighted by Gasteiger charge is 2.06. The van der Waals surface area contributed by atoms with Gasteiger partial charge in [0.05, 0.1) is 11.0 Å². The second-order valence-corrected chi connectivity index (χ2v) is 6.04. The Morgan fingerprint density at radius 1 is 1.08 bits per heavy atom. The van der Waals surface area contributed by atoms with Gasteiger partial charge in [-0.15, -0.1) is 0 Å². The maximum Gasteiger partial charge on any atom is 0.191 e. The molecule has 1 aromatic heterocycles. The number of para-hydroxylation sites is 3. The van der Waals surface area contributed by atoms with Crippen LogP contribution in [0.1, 0.15) is 23.9 Å². The topological polar surface area (TPSA) is 65.1 Å². The van der Waals surface area contributed by atoms with Gasteiger partial charge in [-0.2, -0.15) is 5.10 Å². The van der Waals surface area contributed by atoms with Crippen molar-refractivity contribution >= 4 is 39.8 Å². The van der Waals surface area contributed by atoms with Gasteiger partial charge in [0, 0.05) is 5.69 Å². The number of thiocarbonyl (C=S) groups is 1. The van der Waals surface area contributed by atoms with Crippen molar-refractivity contribution in [1.82, 2.24) is 15.4 Å². The van der Waals surface area contributed by atoms with E-state index in [1.165, 1.54) is 0 Å². The monoisotopic (exact) mass is 337 g/mol. The summed E-state index contributed by atoms with van der Waals surface area (Å²) in [5.74, 6) is 0.721. The van der Waals surface area contributed by atoms with Crippen molar-refractivity contribution in [1.29, 1.82) is 0 Å². The summed E-state index contributed by atoms with van der Waals surface area (Å²) < 4.78 is 0. The smallest absolute Gasteiger partial charge is 0.191 e. The van der Waals surface area contributed by atoms with Gasteiger partial charge in [-0.25, -0.2) is 4.98 Å². The SMILES string of the molecule is C/C(=N\NC(=S)Nc1c(C)cccc1C)c1nc2ccccc2[nH]1. The molecule has 122 valence electrons. The van der Waals surface area contributed by atoms with Gasteiger partial charge in [0.2, 0.25) is 0 Å². The van der Waals surface area contributed by atoms with E-state index in [2.05, 4.69) is 25.8 Å². The average Bonchev–Trinajstić information content (AvgIpc) is 3.00. The molecule has 3 N–H and O–H groups in total. The van der Waals surface area contributed by atoms with E-state index >= 15 is 0 Å². The molecule has 0 spiro atoms. The molecular formula is C18H19N5S. The zero-order valence-electron chi connectivity index (χ0n) is 13.8. The Morgan fingerprint density at radius 3 is 2.50 bits per heavy atom. The maximum atomic E-state index is 5.33. The maximum absolute atomic E-state index is 5.33. The van der Waals surface area contributed by atoms with Crippen LogP contribution < -0.4 is 10.7 Å². The number of nitrogens with one attached hydrogen (secondary N) is 3. The lowest BCUT2D eigenvalue weighted by Gasteiger charge is -2.12. The third-order valence-electron chi connectivity index (χ3n) is 3.78.